The second-order valence-corrected chi connectivity index (χ2v) is 4.46. The molecule has 0 saturated carbocycles. The number of carboxylic acids is 3. The zero-order valence-electron chi connectivity index (χ0n) is 11.1. The zero-order chi connectivity index (χ0) is 17.3. The molecule has 0 radical (unpaired) electrons. The molecule has 0 amide bonds. The number of rotatable bonds is 6. The molecule has 0 saturated heterocycles. The number of halogens is 1. The first-order valence-electron chi connectivity index (χ1n) is 5.72. The molecule has 0 atom stereocenters. The summed E-state index contributed by atoms with van der Waals surface area (Å²) in [5.41, 5.74) is -2.20. The third-order valence-corrected chi connectivity index (χ3v) is 2.50. The van der Waals surface area contributed by atoms with Crippen LogP contribution in [-0.2, 0) is 14.4 Å². The third-order valence-electron chi connectivity index (χ3n) is 2.29. The molecule has 0 aliphatic carbocycles. The maximum Gasteiger partial charge on any atom is 0.336 e. The second-order valence-electron chi connectivity index (χ2n) is 4.12. The van der Waals surface area contributed by atoms with Crippen LogP contribution < -0.4 is 0 Å². The van der Waals surface area contributed by atoms with Crippen molar-refractivity contribution in [1.82, 2.24) is 0 Å². The van der Waals surface area contributed by atoms with Gasteiger partial charge in [-0.2, -0.15) is 0 Å². The Balaban J connectivity index is 0.000000425. The van der Waals surface area contributed by atoms with Crippen LogP contribution in [0.2, 0.25) is 0 Å². The van der Waals surface area contributed by atoms with Crippen LogP contribution in [0.4, 0.5) is 0 Å². The SMILES string of the molecule is O=C(Cl)c1ccccc1.O=C(O)CC(O)(CC(=O)O)C(=O)O. The molecule has 9 heteroatoms. The number of aliphatic hydroxyl groups is 1. The smallest absolute Gasteiger partial charge is 0.336 e. The lowest BCUT2D eigenvalue weighted by atomic mass is 9.96. The lowest BCUT2D eigenvalue weighted by Crippen LogP contribution is -2.42. The summed E-state index contributed by atoms with van der Waals surface area (Å²) in [7, 11) is 0. The van der Waals surface area contributed by atoms with Gasteiger partial charge in [0, 0.05) is 5.56 Å². The van der Waals surface area contributed by atoms with Crippen molar-refractivity contribution in [3.63, 3.8) is 0 Å². The topological polar surface area (TPSA) is 149 Å². The van der Waals surface area contributed by atoms with E-state index in [1.165, 1.54) is 0 Å². The van der Waals surface area contributed by atoms with Crippen molar-refractivity contribution in [3.05, 3.63) is 35.9 Å². The van der Waals surface area contributed by atoms with Gasteiger partial charge in [-0.1, -0.05) is 30.3 Å². The Morgan fingerprint density at radius 1 is 0.909 bits per heavy atom. The molecule has 4 N–H and O–H groups in total. The first-order chi connectivity index (χ1) is 10.1. The van der Waals surface area contributed by atoms with Gasteiger partial charge in [-0.25, -0.2) is 4.79 Å². The van der Waals surface area contributed by atoms with E-state index in [2.05, 4.69) is 0 Å². The highest BCUT2D eigenvalue weighted by Gasteiger charge is 2.40. The normalized spacial score (nSPS) is 10.1. The summed E-state index contributed by atoms with van der Waals surface area (Å²) < 4.78 is 0. The molecule has 1 aromatic rings. The van der Waals surface area contributed by atoms with Gasteiger partial charge in [-0.15, -0.1) is 0 Å². The molecule has 1 rings (SSSR count). The van der Waals surface area contributed by atoms with E-state index in [1.807, 2.05) is 6.07 Å². The number of hydrogen-bond acceptors (Lipinski definition) is 5. The summed E-state index contributed by atoms with van der Waals surface area (Å²) in [5.74, 6) is -5.02. The van der Waals surface area contributed by atoms with E-state index in [1.54, 1.807) is 24.3 Å². The highest BCUT2D eigenvalue weighted by molar-refractivity contribution is 6.67. The standard InChI is InChI=1S/C7H5ClO.C6H8O7/c8-7(9)6-4-2-1-3-5-6;7-3(8)1-6(13,5(11)12)2-4(9)10/h1-5H;13H,1-2H2,(H,7,8)(H,9,10)(H,11,12). The van der Waals surface area contributed by atoms with Gasteiger partial charge in [0.05, 0.1) is 12.8 Å². The van der Waals surface area contributed by atoms with Gasteiger partial charge in [-0.3, -0.25) is 14.4 Å². The minimum Gasteiger partial charge on any atom is -0.481 e. The summed E-state index contributed by atoms with van der Waals surface area (Å²) in [6.07, 6.45) is -2.29. The molecule has 0 unspecified atom stereocenters. The van der Waals surface area contributed by atoms with E-state index in [4.69, 9.17) is 32.0 Å². The van der Waals surface area contributed by atoms with Crippen molar-refractivity contribution in [2.24, 2.45) is 0 Å². The molecule has 0 heterocycles. The molecular weight excluding hydrogens is 320 g/mol. The van der Waals surface area contributed by atoms with E-state index in [0.717, 1.165) is 0 Å². The number of carbonyl (C=O) groups is 4. The highest BCUT2D eigenvalue weighted by atomic mass is 35.5. The molecule has 0 bridgehead atoms. The highest BCUT2D eigenvalue weighted by Crippen LogP contribution is 2.15. The molecule has 0 fully saturated rings. The Kier molecular flexibility index (Phi) is 7.78. The van der Waals surface area contributed by atoms with Gasteiger partial charge >= 0.3 is 17.9 Å². The molecule has 8 nitrogen and oxygen atoms in total. The van der Waals surface area contributed by atoms with Crippen molar-refractivity contribution in [1.29, 1.82) is 0 Å². The van der Waals surface area contributed by atoms with E-state index in [-0.39, 0.29) is 0 Å². The van der Waals surface area contributed by atoms with Crippen LogP contribution >= 0.6 is 11.6 Å². The first-order valence-corrected chi connectivity index (χ1v) is 6.10. The Bertz CT molecular complexity index is 538. The van der Waals surface area contributed by atoms with Crippen molar-refractivity contribution in [3.8, 4) is 0 Å². The number of aliphatic carboxylic acids is 3. The Hall–Kier alpha value is -2.45. The zero-order valence-corrected chi connectivity index (χ0v) is 11.9. The van der Waals surface area contributed by atoms with Crippen LogP contribution in [0.25, 0.3) is 0 Å². The Labute approximate surface area is 129 Å². The number of benzene rings is 1. The molecule has 0 aliphatic heterocycles. The fourth-order valence-electron chi connectivity index (χ4n) is 1.28. The van der Waals surface area contributed by atoms with Crippen molar-refractivity contribution in [2.75, 3.05) is 0 Å². The van der Waals surface area contributed by atoms with Gasteiger partial charge in [0.25, 0.3) is 5.24 Å². The van der Waals surface area contributed by atoms with Gasteiger partial charge in [0.1, 0.15) is 0 Å². The monoisotopic (exact) mass is 332 g/mol. The second kappa shape index (κ2) is 8.75. The molecule has 22 heavy (non-hydrogen) atoms. The van der Waals surface area contributed by atoms with Crippen molar-refractivity contribution < 1.29 is 39.6 Å². The van der Waals surface area contributed by atoms with Crippen LogP contribution in [0.5, 0.6) is 0 Å². The molecule has 0 aromatic heterocycles. The van der Waals surface area contributed by atoms with Crippen LogP contribution in [0.1, 0.15) is 23.2 Å². The minimum absolute atomic E-state index is 0.407. The fourth-order valence-corrected chi connectivity index (χ4v) is 1.41. The van der Waals surface area contributed by atoms with E-state index in [9.17, 15) is 19.2 Å². The predicted molar refractivity (Wildman–Crippen MR) is 73.7 cm³/mol. The number of carboxylic acid groups (broad SMARTS) is 3. The van der Waals surface area contributed by atoms with Crippen LogP contribution in [0, 0.1) is 0 Å². The lowest BCUT2D eigenvalue weighted by molar-refractivity contribution is -0.170. The maximum atomic E-state index is 10.4. The van der Waals surface area contributed by atoms with Crippen LogP contribution in [0.15, 0.2) is 30.3 Å². The molecule has 1 aromatic carbocycles. The van der Waals surface area contributed by atoms with Gasteiger partial charge < -0.3 is 20.4 Å². The summed E-state index contributed by atoms with van der Waals surface area (Å²) in [5, 5.41) is 33.4. The van der Waals surface area contributed by atoms with E-state index >= 15 is 0 Å². The summed E-state index contributed by atoms with van der Waals surface area (Å²) in [6.45, 7) is 0. The summed E-state index contributed by atoms with van der Waals surface area (Å²) in [4.78, 5) is 40.9. The van der Waals surface area contributed by atoms with Gasteiger partial charge in [0.2, 0.25) is 0 Å². The molecular formula is C13H13ClO8. The molecule has 120 valence electrons. The van der Waals surface area contributed by atoms with E-state index in [0.29, 0.717) is 5.56 Å². The average Bonchev–Trinajstić information content (AvgIpc) is 2.38. The summed E-state index contributed by atoms with van der Waals surface area (Å²) >= 11 is 5.16. The quantitative estimate of drug-likeness (QED) is 0.559. The van der Waals surface area contributed by atoms with Crippen LogP contribution in [0.3, 0.4) is 0 Å². The first kappa shape index (κ1) is 19.6. The third kappa shape index (κ3) is 7.36. The fraction of sp³-hybridized carbons (Fsp3) is 0.231. The van der Waals surface area contributed by atoms with Crippen molar-refractivity contribution in [2.45, 2.75) is 18.4 Å². The Morgan fingerprint density at radius 2 is 1.32 bits per heavy atom. The maximum absolute atomic E-state index is 10.4. The molecule has 0 spiro atoms. The number of carbonyl (C=O) groups excluding carboxylic acids is 1. The average molecular weight is 333 g/mol. The predicted octanol–water partition coefficient (Wildman–Crippen LogP) is 0.817. The number of hydrogen-bond donors (Lipinski definition) is 4. The van der Waals surface area contributed by atoms with Crippen LogP contribution in [-0.4, -0.2) is 49.2 Å². The van der Waals surface area contributed by atoms with Crippen molar-refractivity contribution >= 4 is 34.8 Å². The largest absolute Gasteiger partial charge is 0.481 e. The summed E-state index contributed by atoms with van der Waals surface area (Å²) in [6, 6.07) is 8.74. The Morgan fingerprint density at radius 3 is 1.55 bits per heavy atom. The van der Waals surface area contributed by atoms with Gasteiger partial charge in [0.15, 0.2) is 5.60 Å². The van der Waals surface area contributed by atoms with Gasteiger partial charge in [-0.05, 0) is 11.6 Å². The lowest BCUT2D eigenvalue weighted by Gasteiger charge is -2.18. The van der Waals surface area contributed by atoms with E-state index < -0.39 is 41.6 Å². The minimum atomic E-state index is -2.74. The molecule has 0 aliphatic rings.